The second kappa shape index (κ2) is 6.53. The van der Waals surface area contributed by atoms with Gasteiger partial charge in [-0.2, -0.15) is 0 Å². The zero-order valence-electron chi connectivity index (χ0n) is 9.34. The Hall–Kier alpha value is -1.18. The van der Waals surface area contributed by atoms with Crippen molar-refractivity contribution < 1.29 is 0 Å². The summed E-state index contributed by atoms with van der Waals surface area (Å²) in [5, 5.41) is 2.90. The van der Waals surface area contributed by atoms with Crippen LogP contribution < -0.4 is 0 Å². The van der Waals surface area contributed by atoms with Crippen LogP contribution in [0.25, 0.3) is 6.08 Å². The summed E-state index contributed by atoms with van der Waals surface area (Å²) >= 11 is 7.62. The van der Waals surface area contributed by atoms with Crippen molar-refractivity contribution in [3.05, 3.63) is 76.2 Å². The number of hydrogen-bond donors (Lipinski definition) is 0. The minimum atomic E-state index is 0.777. The van der Waals surface area contributed by atoms with Crippen molar-refractivity contribution in [1.29, 1.82) is 0 Å². The molecular formula is C15H13ClS. The fraction of sp³-hybridized carbons (Fsp3) is 0.0667. The first-order valence-electron chi connectivity index (χ1n) is 5.42. The van der Waals surface area contributed by atoms with E-state index in [0.717, 1.165) is 10.8 Å². The van der Waals surface area contributed by atoms with Gasteiger partial charge in [-0.15, -0.1) is 11.8 Å². The van der Waals surface area contributed by atoms with Crippen LogP contribution in [0.1, 0.15) is 11.1 Å². The molecule has 2 heteroatoms. The van der Waals surface area contributed by atoms with Crippen molar-refractivity contribution in [3.63, 3.8) is 0 Å². The van der Waals surface area contributed by atoms with E-state index in [2.05, 4.69) is 35.7 Å². The highest BCUT2D eigenvalue weighted by atomic mass is 35.5. The zero-order chi connectivity index (χ0) is 11.9. The molecule has 0 heterocycles. The lowest BCUT2D eigenvalue weighted by Crippen LogP contribution is -1.75. The van der Waals surface area contributed by atoms with E-state index in [9.17, 15) is 0 Å². The lowest BCUT2D eigenvalue weighted by atomic mass is 10.2. The summed E-state index contributed by atoms with van der Waals surface area (Å²) in [5.74, 6) is 1.00. The summed E-state index contributed by atoms with van der Waals surface area (Å²) in [5.41, 5.74) is 2.52. The maximum atomic E-state index is 5.82. The molecule has 2 aromatic rings. The lowest BCUT2D eigenvalue weighted by Gasteiger charge is -1.97. The second-order valence-electron chi connectivity index (χ2n) is 3.65. The quantitative estimate of drug-likeness (QED) is 0.724. The van der Waals surface area contributed by atoms with E-state index in [-0.39, 0.29) is 0 Å². The van der Waals surface area contributed by atoms with Gasteiger partial charge in [0, 0.05) is 10.8 Å². The van der Waals surface area contributed by atoms with Crippen molar-refractivity contribution in [2.45, 2.75) is 5.75 Å². The van der Waals surface area contributed by atoms with Crippen LogP contribution in [-0.2, 0) is 5.75 Å². The zero-order valence-corrected chi connectivity index (χ0v) is 10.9. The van der Waals surface area contributed by atoms with Gasteiger partial charge in [0.2, 0.25) is 0 Å². The predicted octanol–water partition coefficient (Wildman–Crippen LogP) is 5.24. The molecule has 0 saturated heterocycles. The summed E-state index contributed by atoms with van der Waals surface area (Å²) in [7, 11) is 0. The van der Waals surface area contributed by atoms with Gasteiger partial charge >= 0.3 is 0 Å². The summed E-state index contributed by atoms with van der Waals surface area (Å²) in [4.78, 5) is 0. The molecule has 17 heavy (non-hydrogen) atoms. The molecule has 0 atom stereocenters. The third-order valence-electron chi connectivity index (χ3n) is 2.32. The van der Waals surface area contributed by atoms with Crippen LogP contribution in [0.4, 0.5) is 0 Å². The Kier molecular flexibility index (Phi) is 4.72. The lowest BCUT2D eigenvalue weighted by molar-refractivity contribution is 1.42. The van der Waals surface area contributed by atoms with Crippen molar-refractivity contribution in [2.24, 2.45) is 0 Å². The Morgan fingerprint density at radius 2 is 1.65 bits per heavy atom. The topological polar surface area (TPSA) is 0 Å². The van der Waals surface area contributed by atoms with Crippen LogP contribution in [0, 0.1) is 0 Å². The minimum absolute atomic E-state index is 0.777. The summed E-state index contributed by atoms with van der Waals surface area (Å²) < 4.78 is 0. The van der Waals surface area contributed by atoms with Gasteiger partial charge in [-0.3, -0.25) is 0 Å². The van der Waals surface area contributed by atoms with Gasteiger partial charge in [-0.05, 0) is 34.7 Å². The first-order valence-corrected chi connectivity index (χ1v) is 6.85. The molecule has 2 rings (SSSR count). The molecule has 0 bridgehead atoms. The summed E-state index contributed by atoms with van der Waals surface area (Å²) in [6.45, 7) is 0. The van der Waals surface area contributed by atoms with E-state index in [0.29, 0.717) is 0 Å². The Labute approximate surface area is 111 Å². The van der Waals surface area contributed by atoms with Gasteiger partial charge in [0.1, 0.15) is 0 Å². The van der Waals surface area contributed by atoms with E-state index in [4.69, 9.17) is 11.6 Å². The highest BCUT2D eigenvalue weighted by Gasteiger charge is 1.90. The van der Waals surface area contributed by atoms with Gasteiger partial charge in [-0.1, -0.05) is 54.1 Å². The average Bonchev–Trinajstić information content (AvgIpc) is 2.38. The SMILES string of the molecule is Clc1ccc(/C=C\SCc2ccccc2)cc1. The number of rotatable bonds is 4. The second-order valence-corrected chi connectivity index (χ2v) is 4.98. The Bertz CT molecular complexity index is 474. The fourth-order valence-electron chi connectivity index (χ4n) is 1.42. The molecule has 86 valence electrons. The van der Waals surface area contributed by atoms with E-state index in [1.807, 2.05) is 30.3 Å². The number of hydrogen-bond acceptors (Lipinski definition) is 1. The highest BCUT2D eigenvalue weighted by Crippen LogP contribution is 2.16. The van der Waals surface area contributed by atoms with Crippen LogP contribution in [0.2, 0.25) is 5.02 Å². The molecule has 0 spiro atoms. The first-order chi connectivity index (χ1) is 8.34. The minimum Gasteiger partial charge on any atom is -0.129 e. The van der Waals surface area contributed by atoms with Gasteiger partial charge < -0.3 is 0 Å². The molecule has 0 N–H and O–H groups in total. The Balaban J connectivity index is 1.84. The summed E-state index contributed by atoms with van der Waals surface area (Å²) in [6.07, 6.45) is 2.10. The maximum absolute atomic E-state index is 5.82. The average molecular weight is 261 g/mol. The number of thioether (sulfide) groups is 1. The highest BCUT2D eigenvalue weighted by molar-refractivity contribution is 8.01. The normalized spacial score (nSPS) is 10.9. The van der Waals surface area contributed by atoms with Crippen molar-refractivity contribution in [1.82, 2.24) is 0 Å². The molecule has 0 aliphatic heterocycles. The smallest absolute Gasteiger partial charge is 0.0406 e. The molecular weight excluding hydrogens is 248 g/mol. The third-order valence-corrected chi connectivity index (χ3v) is 3.40. The van der Waals surface area contributed by atoms with Crippen molar-refractivity contribution >= 4 is 29.4 Å². The first kappa shape index (κ1) is 12.3. The summed E-state index contributed by atoms with van der Waals surface area (Å²) in [6, 6.07) is 18.3. The van der Waals surface area contributed by atoms with Crippen LogP contribution >= 0.6 is 23.4 Å². The maximum Gasteiger partial charge on any atom is 0.0406 e. The van der Waals surface area contributed by atoms with Gasteiger partial charge in [0.25, 0.3) is 0 Å². The third kappa shape index (κ3) is 4.29. The van der Waals surface area contributed by atoms with Gasteiger partial charge in [-0.25, -0.2) is 0 Å². The molecule has 0 amide bonds. The molecule has 0 unspecified atom stereocenters. The van der Waals surface area contributed by atoms with Crippen LogP contribution in [0.5, 0.6) is 0 Å². The van der Waals surface area contributed by atoms with Gasteiger partial charge in [0.05, 0.1) is 0 Å². The van der Waals surface area contributed by atoms with E-state index in [1.54, 1.807) is 11.8 Å². The van der Waals surface area contributed by atoms with Crippen molar-refractivity contribution in [3.8, 4) is 0 Å². The molecule has 0 fully saturated rings. The molecule has 0 nitrogen and oxygen atoms in total. The number of benzene rings is 2. The standard InChI is InChI=1S/C15H13ClS/c16-15-8-6-13(7-9-15)10-11-17-12-14-4-2-1-3-5-14/h1-11H,12H2/b11-10-. The number of halogens is 1. The predicted molar refractivity (Wildman–Crippen MR) is 78.2 cm³/mol. The largest absolute Gasteiger partial charge is 0.129 e. The van der Waals surface area contributed by atoms with E-state index < -0.39 is 0 Å². The van der Waals surface area contributed by atoms with Crippen LogP contribution in [-0.4, -0.2) is 0 Å². The van der Waals surface area contributed by atoms with E-state index >= 15 is 0 Å². The van der Waals surface area contributed by atoms with E-state index in [1.165, 1.54) is 11.1 Å². The Morgan fingerprint density at radius 3 is 2.35 bits per heavy atom. The Morgan fingerprint density at radius 1 is 0.941 bits per heavy atom. The molecule has 0 aliphatic carbocycles. The molecule has 0 aliphatic rings. The monoisotopic (exact) mass is 260 g/mol. The molecule has 0 saturated carbocycles. The fourth-order valence-corrected chi connectivity index (χ4v) is 2.28. The van der Waals surface area contributed by atoms with Crippen molar-refractivity contribution in [2.75, 3.05) is 0 Å². The van der Waals surface area contributed by atoms with Crippen LogP contribution in [0.15, 0.2) is 60.0 Å². The van der Waals surface area contributed by atoms with Gasteiger partial charge in [0.15, 0.2) is 0 Å². The molecule has 2 aromatic carbocycles. The molecule has 0 aromatic heterocycles. The molecule has 0 radical (unpaired) electrons. The van der Waals surface area contributed by atoms with Crippen LogP contribution in [0.3, 0.4) is 0 Å².